The third-order valence-electron chi connectivity index (χ3n) is 3.03. The summed E-state index contributed by atoms with van der Waals surface area (Å²) < 4.78 is 37.4. The lowest BCUT2D eigenvalue weighted by Crippen LogP contribution is -2.39. The zero-order chi connectivity index (χ0) is 13.2. The third-order valence-corrected chi connectivity index (χ3v) is 3.03. The number of nitrogens with zero attached hydrogens (tertiary/aromatic N) is 3. The average molecular weight is 259 g/mol. The Morgan fingerprint density at radius 2 is 1.78 bits per heavy atom. The molecule has 0 unspecified atom stereocenters. The minimum atomic E-state index is -4.12. The lowest BCUT2D eigenvalue weighted by molar-refractivity contribution is -0.179. The van der Waals surface area contributed by atoms with Crippen molar-refractivity contribution in [1.29, 1.82) is 0 Å². The van der Waals surface area contributed by atoms with Crippen molar-refractivity contribution in [3.63, 3.8) is 0 Å². The number of rotatable bonds is 2. The molecule has 0 aromatic carbocycles. The Balaban J connectivity index is 1.98. The van der Waals surface area contributed by atoms with Gasteiger partial charge in [-0.1, -0.05) is 0 Å². The van der Waals surface area contributed by atoms with Gasteiger partial charge >= 0.3 is 6.18 Å². The number of carbonyl (C=O) groups is 1. The van der Waals surface area contributed by atoms with Gasteiger partial charge in [0.2, 0.25) is 5.95 Å². The van der Waals surface area contributed by atoms with Crippen LogP contribution >= 0.6 is 0 Å². The lowest BCUT2D eigenvalue weighted by Gasteiger charge is -2.32. The fourth-order valence-electron chi connectivity index (χ4n) is 1.96. The molecule has 98 valence electrons. The molecule has 1 aliphatic rings. The highest BCUT2D eigenvalue weighted by Crippen LogP contribution is 2.34. The number of piperidine rings is 1. The van der Waals surface area contributed by atoms with Crippen LogP contribution in [0.2, 0.25) is 0 Å². The molecule has 0 atom stereocenters. The van der Waals surface area contributed by atoms with Crippen LogP contribution in [0, 0.1) is 5.92 Å². The van der Waals surface area contributed by atoms with E-state index < -0.39 is 12.1 Å². The first-order chi connectivity index (χ1) is 8.50. The molecule has 1 fully saturated rings. The number of aromatic nitrogens is 2. The van der Waals surface area contributed by atoms with Crippen molar-refractivity contribution in [3.8, 4) is 0 Å². The Hall–Kier alpha value is -1.66. The summed E-state index contributed by atoms with van der Waals surface area (Å²) in [5, 5.41) is 0. The molecule has 7 heteroatoms. The van der Waals surface area contributed by atoms with Gasteiger partial charge in [-0.25, -0.2) is 9.97 Å². The highest BCUT2D eigenvalue weighted by atomic mass is 19.4. The molecule has 0 radical (unpaired) electrons. The topological polar surface area (TPSA) is 46.1 Å². The van der Waals surface area contributed by atoms with Gasteiger partial charge in [0.15, 0.2) is 6.29 Å². The van der Waals surface area contributed by atoms with Crippen LogP contribution in [0.1, 0.15) is 23.2 Å². The van der Waals surface area contributed by atoms with Crippen molar-refractivity contribution >= 4 is 12.2 Å². The number of alkyl halides is 3. The van der Waals surface area contributed by atoms with Crippen LogP contribution in [0.4, 0.5) is 19.1 Å². The predicted molar refractivity (Wildman–Crippen MR) is 58.4 cm³/mol. The number of hydrogen-bond donors (Lipinski definition) is 0. The molecule has 1 aliphatic heterocycles. The summed E-state index contributed by atoms with van der Waals surface area (Å²) >= 11 is 0. The van der Waals surface area contributed by atoms with Crippen molar-refractivity contribution in [2.45, 2.75) is 19.0 Å². The van der Waals surface area contributed by atoms with Gasteiger partial charge in [0.1, 0.15) is 0 Å². The molecule has 0 spiro atoms. The van der Waals surface area contributed by atoms with Crippen molar-refractivity contribution in [2.24, 2.45) is 5.92 Å². The zero-order valence-corrected chi connectivity index (χ0v) is 9.52. The molecular weight excluding hydrogens is 247 g/mol. The zero-order valence-electron chi connectivity index (χ0n) is 9.52. The Kier molecular flexibility index (Phi) is 3.49. The normalized spacial score (nSPS) is 17.8. The maximum absolute atomic E-state index is 12.5. The summed E-state index contributed by atoms with van der Waals surface area (Å²) in [6.45, 7) is 0.565. The number of aldehydes is 1. The van der Waals surface area contributed by atoms with E-state index in [-0.39, 0.29) is 25.9 Å². The highest BCUT2D eigenvalue weighted by molar-refractivity contribution is 5.73. The number of halogens is 3. The van der Waals surface area contributed by atoms with E-state index in [4.69, 9.17) is 0 Å². The standard InChI is InChI=1S/C11H12F3N3O/c12-11(13,14)9-1-3-17(4-2-9)10-15-5-8(7-18)6-16-10/h5-7,9H,1-4H2. The van der Waals surface area contributed by atoms with Gasteiger partial charge in [-0.15, -0.1) is 0 Å². The van der Waals surface area contributed by atoms with E-state index in [1.165, 1.54) is 12.4 Å². The van der Waals surface area contributed by atoms with E-state index in [1.54, 1.807) is 4.90 Å². The SMILES string of the molecule is O=Cc1cnc(N2CCC(C(F)(F)F)CC2)nc1. The van der Waals surface area contributed by atoms with Crippen LogP contribution in [0.5, 0.6) is 0 Å². The van der Waals surface area contributed by atoms with Crippen LogP contribution in [-0.2, 0) is 0 Å². The van der Waals surface area contributed by atoms with Gasteiger partial charge in [0, 0.05) is 25.5 Å². The monoisotopic (exact) mass is 259 g/mol. The molecule has 2 heterocycles. The molecule has 0 N–H and O–H groups in total. The number of hydrogen-bond acceptors (Lipinski definition) is 4. The van der Waals surface area contributed by atoms with Crippen LogP contribution in [0.25, 0.3) is 0 Å². The smallest absolute Gasteiger partial charge is 0.341 e. The van der Waals surface area contributed by atoms with Gasteiger partial charge in [-0.05, 0) is 12.8 Å². The molecule has 1 aromatic rings. The minimum Gasteiger partial charge on any atom is -0.341 e. The summed E-state index contributed by atoms with van der Waals surface area (Å²) in [4.78, 5) is 20.1. The fourth-order valence-corrected chi connectivity index (χ4v) is 1.96. The first-order valence-corrected chi connectivity index (χ1v) is 5.59. The van der Waals surface area contributed by atoms with Crippen LogP contribution in [-0.4, -0.2) is 35.5 Å². The molecule has 4 nitrogen and oxygen atoms in total. The first-order valence-electron chi connectivity index (χ1n) is 5.59. The number of anilines is 1. The highest BCUT2D eigenvalue weighted by Gasteiger charge is 2.41. The first kappa shape index (κ1) is 12.8. The average Bonchev–Trinajstić information content (AvgIpc) is 2.38. The van der Waals surface area contributed by atoms with E-state index >= 15 is 0 Å². The van der Waals surface area contributed by atoms with Crippen LogP contribution in [0.15, 0.2) is 12.4 Å². The van der Waals surface area contributed by atoms with E-state index in [1.807, 2.05) is 0 Å². The van der Waals surface area contributed by atoms with Crippen LogP contribution in [0.3, 0.4) is 0 Å². The summed E-state index contributed by atoms with van der Waals surface area (Å²) in [6.07, 6.45) is -0.644. The second-order valence-corrected chi connectivity index (χ2v) is 4.24. The largest absolute Gasteiger partial charge is 0.391 e. The van der Waals surface area contributed by atoms with Gasteiger partial charge in [0.25, 0.3) is 0 Å². The van der Waals surface area contributed by atoms with E-state index in [0.717, 1.165) is 0 Å². The molecule has 0 bridgehead atoms. The van der Waals surface area contributed by atoms with Gasteiger partial charge in [-0.3, -0.25) is 4.79 Å². The van der Waals surface area contributed by atoms with Gasteiger partial charge in [0.05, 0.1) is 11.5 Å². The van der Waals surface area contributed by atoms with Gasteiger partial charge in [-0.2, -0.15) is 13.2 Å². The molecule has 2 rings (SSSR count). The summed E-state index contributed by atoms with van der Waals surface area (Å²) in [5.74, 6) is -0.857. The van der Waals surface area contributed by atoms with E-state index in [0.29, 0.717) is 17.8 Å². The Morgan fingerprint density at radius 3 is 2.22 bits per heavy atom. The quantitative estimate of drug-likeness (QED) is 0.763. The Labute approximate surface area is 102 Å². The molecule has 0 saturated carbocycles. The molecule has 18 heavy (non-hydrogen) atoms. The molecular formula is C11H12F3N3O. The molecule has 1 aromatic heterocycles. The minimum absolute atomic E-state index is 0.0578. The van der Waals surface area contributed by atoms with Crippen LogP contribution < -0.4 is 4.90 Å². The lowest BCUT2D eigenvalue weighted by atomic mass is 9.96. The Morgan fingerprint density at radius 1 is 1.22 bits per heavy atom. The predicted octanol–water partition coefficient (Wildman–Crippen LogP) is 2.07. The summed E-state index contributed by atoms with van der Waals surface area (Å²) in [6, 6.07) is 0. The van der Waals surface area contributed by atoms with Crippen molar-refractivity contribution in [1.82, 2.24) is 9.97 Å². The van der Waals surface area contributed by atoms with Crippen molar-refractivity contribution in [3.05, 3.63) is 18.0 Å². The summed E-state index contributed by atoms with van der Waals surface area (Å²) in [7, 11) is 0. The Bertz CT molecular complexity index is 411. The van der Waals surface area contributed by atoms with Gasteiger partial charge < -0.3 is 4.90 Å². The second kappa shape index (κ2) is 4.91. The second-order valence-electron chi connectivity index (χ2n) is 4.24. The van der Waals surface area contributed by atoms with Crippen molar-refractivity contribution in [2.75, 3.05) is 18.0 Å². The van der Waals surface area contributed by atoms with E-state index in [9.17, 15) is 18.0 Å². The molecule has 0 aliphatic carbocycles. The number of carbonyl (C=O) groups excluding carboxylic acids is 1. The third kappa shape index (κ3) is 2.77. The van der Waals surface area contributed by atoms with Crippen molar-refractivity contribution < 1.29 is 18.0 Å². The maximum atomic E-state index is 12.5. The molecule has 1 saturated heterocycles. The van der Waals surface area contributed by atoms with E-state index in [2.05, 4.69) is 9.97 Å². The molecule has 0 amide bonds. The maximum Gasteiger partial charge on any atom is 0.391 e. The fraction of sp³-hybridized carbons (Fsp3) is 0.545. The summed E-state index contributed by atoms with van der Waals surface area (Å²) in [5.41, 5.74) is 0.351.